The highest BCUT2D eigenvalue weighted by molar-refractivity contribution is 4.83. The van der Waals surface area contributed by atoms with Crippen molar-refractivity contribution in [2.75, 3.05) is 7.11 Å². The maximum absolute atomic E-state index is 9.11. The van der Waals surface area contributed by atoms with Crippen molar-refractivity contribution in [3.05, 3.63) is 0 Å². The van der Waals surface area contributed by atoms with Crippen LogP contribution in [0.1, 0.15) is 13.3 Å². The molecule has 0 aliphatic carbocycles. The SMILES string of the molecule is COC1C(N)CC(O)OC1C. The molecule has 1 saturated heterocycles. The van der Waals surface area contributed by atoms with Gasteiger partial charge in [-0.1, -0.05) is 0 Å². The second-order valence-electron chi connectivity index (χ2n) is 2.90. The first-order chi connectivity index (χ1) is 5.15. The first-order valence-corrected chi connectivity index (χ1v) is 3.77. The largest absolute Gasteiger partial charge is 0.377 e. The lowest BCUT2D eigenvalue weighted by atomic mass is 10.0. The van der Waals surface area contributed by atoms with Gasteiger partial charge in [-0.3, -0.25) is 0 Å². The van der Waals surface area contributed by atoms with E-state index in [1.807, 2.05) is 6.92 Å². The van der Waals surface area contributed by atoms with Crippen molar-refractivity contribution in [1.82, 2.24) is 0 Å². The van der Waals surface area contributed by atoms with Gasteiger partial charge in [0.05, 0.1) is 12.2 Å². The molecule has 11 heavy (non-hydrogen) atoms. The Morgan fingerprint density at radius 2 is 2.27 bits per heavy atom. The number of hydrogen-bond donors (Lipinski definition) is 2. The van der Waals surface area contributed by atoms with Gasteiger partial charge < -0.3 is 20.3 Å². The van der Waals surface area contributed by atoms with Crippen LogP contribution in [0.2, 0.25) is 0 Å². The molecule has 4 nitrogen and oxygen atoms in total. The topological polar surface area (TPSA) is 64.7 Å². The summed E-state index contributed by atoms with van der Waals surface area (Å²) >= 11 is 0. The van der Waals surface area contributed by atoms with Crippen LogP contribution in [0.15, 0.2) is 0 Å². The van der Waals surface area contributed by atoms with Crippen molar-refractivity contribution < 1.29 is 14.6 Å². The highest BCUT2D eigenvalue weighted by atomic mass is 16.6. The van der Waals surface area contributed by atoms with E-state index in [1.54, 1.807) is 7.11 Å². The van der Waals surface area contributed by atoms with Crippen LogP contribution in [-0.2, 0) is 9.47 Å². The van der Waals surface area contributed by atoms with E-state index < -0.39 is 6.29 Å². The highest BCUT2D eigenvalue weighted by Gasteiger charge is 2.33. The zero-order chi connectivity index (χ0) is 8.43. The highest BCUT2D eigenvalue weighted by Crippen LogP contribution is 2.18. The summed E-state index contributed by atoms with van der Waals surface area (Å²) in [5.41, 5.74) is 5.71. The van der Waals surface area contributed by atoms with E-state index >= 15 is 0 Å². The number of aliphatic hydroxyl groups excluding tert-OH is 1. The van der Waals surface area contributed by atoms with Gasteiger partial charge in [0.25, 0.3) is 0 Å². The van der Waals surface area contributed by atoms with Crippen LogP contribution in [0.25, 0.3) is 0 Å². The van der Waals surface area contributed by atoms with Crippen molar-refractivity contribution in [3.63, 3.8) is 0 Å². The van der Waals surface area contributed by atoms with Gasteiger partial charge in [0.15, 0.2) is 6.29 Å². The smallest absolute Gasteiger partial charge is 0.156 e. The molecule has 1 heterocycles. The Kier molecular flexibility index (Phi) is 2.84. The minimum absolute atomic E-state index is 0.0987. The summed E-state index contributed by atoms with van der Waals surface area (Å²) in [6, 6.07) is -0.126. The van der Waals surface area contributed by atoms with Crippen molar-refractivity contribution in [3.8, 4) is 0 Å². The molecule has 3 N–H and O–H groups in total. The predicted molar refractivity (Wildman–Crippen MR) is 39.9 cm³/mol. The van der Waals surface area contributed by atoms with Crippen LogP contribution in [0, 0.1) is 0 Å². The maximum atomic E-state index is 9.11. The van der Waals surface area contributed by atoms with Crippen LogP contribution >= 0.6 is 0 Å². The monoisotopic (exact) mass is 161 g/mol. The maximum Gasteiger partial charge on any atom is 0.156 e. The predicted octanol–water partition coefficient (Wildman–Crippen LogP) is -0.544. The minimum atomic E-state index is -0.730. The molecule has 0 aromatic heterocycles. The molecule has 0 amide bonds. The summed E-state index contributed by atoms with van der Waals surface area (Å²) in [5, 5.41) is 9.11. The Balaban J connectivity index is 2.52. The fourth-order valence-electron chi connectivity index (χ4n) is 1.46. The van der Waals surface area contributed by atoms with Gasteiger partial charge in [0, 0.05) is 19.6 Å². The quantitative estimate of drug-likeness (QED) is 0.542. The normalized spacial score (nSPS) is 45.8. The molecule has 1 fully saturated rings. The molecule has 0 aromatic rings. The van der Waals surface area contributed by atoms with Gasteiger partial charge in [-0.2, -0.15) is 0 Å². The Bertz CT molecular complexity index is 119. The molecular weight excluding hydrogens is 146 g/mol. The van der Waals surface area contributed by atoms with Crippen LogP contribution in [0.5, 0.6) is 0 Å². The van der Waals surface area contributed by atoms with Crippen LogP contribution in [0.3, 0.4) is 0 Å². The molecule has 0 saturated carbocycles. The molecule has 4 heteroatoms. The summed E-state index contributed by atoms with van der Waals surface area (Å²) in [6.45, 7) is 1.84. The number of hydrogen-bond acceptors (Lipinski definition) is 4. The van der Waals surface area contributed by atoms with Gasteiger partial charge in [-0.25, -0.2) is 0 Å². The molecule has 0 bridgehead atoms. The zero-order valence-corrected chi connectivity index (χ0v) is 6.86. The molecule has 4 unspecified atom stereocenters. The summed E-state index contributed by atoms with van der Waals surface area (Å²) in [6.07, 6.45) is -0.508. The van der Waals surface area contributed by atoms with Gasteiger partial charge in [-0.05, 0) is 6.92 Å². The Labute approximate surface area is 66.3 Å². The molecule has 0 spiro atoms. The van der Waals surface area contributed by atoms with E-state index in [-0.39, 0.29) is 18.2 Å². The van der Waals surface area contributed by atoms with E-state index in [2.05, 4.69) is 0 Å². The van der Waals surface area contributed by atoms with E-state index in [4.69, 9.17) is 20.3 Å². The molecular formula is C7H15NO3. The van der Waals surface area contributed by atoms with Gasteiger partial charge in [0.1, 0.15) is 0 Å². The second kappa shape index (κ2) is 3.49. The first-order valence-electron chi connectivity index (χ1n) is 3.77. The van der Waals surface area contributed by atoms with Crippen molar-refractivity contribution in [1.29, 1.82) is 0 Å². The lowest BCUT2D eigenvalue weighted by Gasteiger charge is -2.35. The van der Waals surface area contributed by atoms with Gasteiger partial charge in [-0.15, -0.1) is 0 Å². The Hall–Kier alpha value is -0.160. The van der Waals surface area contributed by atoms with Crippen molar-refractivity contribution >= 4 is 0 Å². The molecule has 1 aliphatic heterocycles. The summed E-state index contributed by atoms with van der Waals surface area (Å²) in [4.78, 5) is 0. The number of aliphatic hydroxyl groups is 1. The fraction of sp³-hybridized carbons (Fsp3) is 1.00. The molecule has 0 aromatic carbocycles. The average Bonchev–Trinajstić information content (AvgIpc) is 1.85. The number of nitrogens with two attached hydrogens (primary N) is 1. The molecule has 1 rings (SSSR count). The summed E-state index contributed by atoms with van der Waals surface area (Å²) < 4.78 is 10.2. The number of rotatable bonds is 1. The second-order valence-corrected chi connectivity index (χ2v) is 2.90. The zero-order valence-electron chi connectivity index (χ0n) is 6.86. The molecule has 1 aliphatic rings. The van der Waals surface area contributed by atoms with Crippen molar-refractivity contribution in [2.45, 2.75) is 37.9 Å². The third-order valence-electron chi connectivity index (χ3n) is 2.00. The summed E-state index contributed by atoms with van der Waals surface area (Å²) in [7, 11) is 1.60. The molecule has 66 valence electrons. The average molecular weight is 161 g/mol. The van der Waals surface area contributed by atoms with Crippen LogP contribution in [-0.4, -0.2) is 36.8 Å². The Morgan fingerprint density at radius 3 is 2.73 bits per heavy atom. The summed E-state index contributed by atoms with van der Waals surface area (Å²) in [5.74, 6) is 0. The van der Waals surface area contributed by atoms with Gasteiger partial charge >= 0.3 is 0 Å². The number of methoxy groups -OCH3 is 1. The third kappa shape index (κ3) is 1.90. The minimum Gasteiger partial charge on any atom is -0.377 e. The van der Waals surface area contributed by atoms with Crippen LogP contribution < -0.4 is 5.73 Å². The fourth-order valence-corrected chi connectivity index (χ4v) is 1.46. The third-order valence-corrected chi connectivity index (χ3v) is 2.00. The van der Waals surface area contributed by atoms with Crippen molar-refractivity contribution in [2.24, 2.45) is 5.73 Å². The first kappa shape index (κ1) is 8.93. The molecule has 4 atom stereocenters. The van der Waals surface area contributed by atoms with E-state index in [0.717, 1.165) is 0 Å². The number of ether oxygens (including phenoxy) is 2. The Morgan fingerprint density at radius 1 is 1.64 bits per heavy atom. The van der Waals surface area contributed by atoms with E-state index in [9.17, 15) is 0 Å². The lowest BCUT2D eigenvalue weighted by molar-refractivity contribution is -0.204. The van der Waals surface area contributed by atoms with Gasteiger partial charge in [0.2, 0.25) is 0 Å². The standard InChI is InChI=1S/C7H15NO3/c1-4-7(10-2)5(8)3-6(9)11-4/h4-7,9H,3,8H2,1-2H3. The van der Waals surface area contributed by atoms with Crippen LogP contribution in [0.4, 0.5) is 0 Å². The van der Waals surface area contributed by atoms with E-state index in [1.165, 1.54) is 0 Å². The molecule has 0 radical (unpaired) electrons. The lowest BCUT2D eigenvalue weighted by Crippen LogP contribution is -2.51. The van der Waals surface area contributed by atoms with E-state index in [0.29, 0.717) is 6.42 Å².